The third-order valence-electron chi connectivity index (χ3n) is 1.60. The van der Waals surface area contributed by atoms with Gasteiger partial charge in [-0.25, -0.2) is 4.98 Å². The number of nitrogen functional groups attached to an aromatic ring is 1. The average Bonchev–Trinajstić information content (AvgIpc) is 2.04. The van der Waals surface area contributed by atoms with Crippen LogP contribution in [0.2, 0.25) is 0 Å². The number of nitrogens with two attached hydrogens (primary N) is 1. The lowest BCUT2D eigenvalue weighted by Gasteiger charge is -2.02. The molecule has 1 heterocycles. The first-order valence-corrected chi connectivity index (χ1v) is 3.87. The molecule has 0 aliphatic carbocycles. The third kappa shape index (κ3) is 1.81. The molecule has 0 amide bonds. The van der Waals surface area contributed by atoms with Crippen molar-refractivity contribution >= 4 is 11.6 Å². The molecule has 1 aromatic heterocycles. The van der Waals surface area contributed by atoms with Gasteiger partial charge in [-0.2, -0.15) is 0 Å². The molecule has 1 aromatic rings. The SMILES string of the molecule is CC(C)C(=O)c1ccc(N)nc1. The molecule has 12 heavy (non-hydrogen) atoms. The Bertz CT molecular complexity index is 277. The summed E-state index contributed by atoms with van der Waals surface area (Å²) in [5.41, 5.74) is 6.00. The molecule has 3 nitrogen and oxygen atoms in total. The summed E-state index contributed by atoms with van der Waals surface area (Å²) >= 11 is 0. The van der Waals surface area contributed by atoms with E-state index in [4.69, 9.17) is 5.73 Å². The van der Waals surface area contributed by atoms with Gasteiger partial charge in [0.15, 0.2) is 5.78 Å². The number of nitrogens with zero attached hydrogens (tertiary/aromatic N) is 1. The van der Waals surface area contributed by atoms with Crippen LogP contribution in [0.5, 0.6) is 0 Å². The summed E-state index contributed by atoms with van der Waals surface area (Å²) in [5, 5.41) is 0. The van der Waals surface area contributed by atoms with E-state index in [1.54, 1.807) is 12.1 Å². The zero-order chi connectivity index (χ0) is 9.14. The fourth-order valence-electron chi connectivity index (χ4n) is 0.884. The molecule has 0 spiro atoms. The van der Waals surface area contributed by atoms with Gasteiger partial charge in [0.2, 0.25) is 0 Å². The lowest BCUT2D eigenvalue weighted by atomic mass is 10.0. The molecule has 0 aromatic carbocycles. The number of carbonyl (C=O) groups excluding carboxylic acids is 1. The van der Waals surface area contributed by atoms with Crippen LogP contribution >= 0.6 is 0 Å². The summed E-state index contributed by atoms with van der Waals surface area (Å²) in [7, 11) is 0. The molecule has 3 heteroatoms. The van der Waals surface area contributed by atoms with Crippen LogP contribution in [0.3, 0.4) is 0 Å². The van der Waals surface area contributed by atoms with Crippen LogP contribution < -0.4 is 5.73 Å². The van der Waals surface area contributed by atoms with Crippen molar-refractivity contribution in [2.45, 2.75) is 13.8 Å². The summed E-state index contributed by atoms with van der Waals surface area (Å²) in [6, 6.07) is 3.33. The zero-order valence-electron chi connectivity index (χ0n) is 7.24. The Kier molecular flexibility index (Phi) is 2.43. The Morgan fingerprint density at radius 1 is 1.50 bits per heavy atom. The van der Waals surface area contributed by atoms with Gasteiger partial charge in [0.05, 0.1) is 0 Å². The van der Waals surface area contributed by atoms with Gasteiger partial charge in [-0.1, -0.05) is 13.8 Å². The van der Waals surface area contributed by atoms with Crippen LogP contribution in [0.1, 0.15) is 24.2 Å². The van der Waals surface area contributed by atoms with Gasteiger partial charge in [0.1, 0.15) is 5.82 Å². The van der Waals surface area contributed by atoms with Crippen LogP contribution in [0.4, 0.5) is 5.82 Å². The zero-order valence-corrected chi connectivity index (χ0v) is 7.24. The second-order valence-corrected chi connectivity index (χ2v) is 2.99. The second-order valence-electron chi connectivity index (χ2n) is 2.99. The Hall–Kier alpha value is -1.38. The first-order chi connectivity index (χ1) is 5.61. The number of aromatic nitrogens is 1. The lowest BCUT2D eigenvalue weighted by Crippen LogP contribution is -2.07. The molecular weight excluding hydrogens is 152 g/mol. The summed E-state index contributed by atoms with van der Waals surface area (Å²) in [4.78, 5) is 15.2. The predicted octanol–water partition coefficient (Wildman–Crippen LogP) is 1.50. The van der Waals surface area contributed by atoms with Gasteiger partial charge in [-0.05, 0) is 12.1 Å². The molecule has 0 fully saturated rings. The molecule has 0 saturated heterocycles. The molecule has 0 saturated carbocycles. The van der Waals surface area contributed by atoms with E-state index in [1.165, 1.54) is 6.20 Å². The van der Waals surface area contributed by atoms with Gasteiger partial charge < -0.3 is 5.73 Å². The Labute approximate surface area is 71.6 Å². The van der Waals surface area contributed by atoms with E-state index in [0.717, 1.165) is 0 Å². The highest BCUT2D eigenvalue weighted by Crippen LogP contribution is 2.07. The summed E-state index contributed by atoms with van der Waals surface area (Å²) in [5.74, 6) is 0.549. The highest BCUT2D eigenvalue weighted by Gasteiger charge is 2.09. The minimum Gasteiger partial charge on any atom is -0.384 e. The molecule has 0 radical (unpaired) electrons. The van der Waals surface area contributed by atoms with Crippen molar-refractivity contribution in [3.8, 4) is 0 Å². The van der Waals surface area contributed by atoms with Crippen LogP contribution in [-0.2, 0) is 0 Å². The molecule has 0 atom stereocenters. The van der Waals surface area contributed by atoms with Gasteiger partial charge in [-0.3, -0.25) is 4.79 Å². The number of hydrogen-bond donors (Lipinski definition) is 1. The molecule has 0 aliphatic heterocycles. The normalized spacial score (nSPS) is 10.2. The average molecular weight is 164 g/mol. The van der Waals surface area contributed by atoms with E-state index in [-0.39, 0.29) is 11.7 Å². The maximum absolute atomic E-state index is 11.4. The standard InChI is InChI=1S/C9H12N2O/c1-6(2)9(12)7-3-4-8(10)11-5-7/h3-6H,1-2H3,(H2,10,11). The molecule has 0 bridgehead atoms. The van der Waals surface area contributed by atoms with Crippen molar-refractivity contribution in [3.05, 3.63) is 23.9 Å². The van der Waals surface area contributed by atoms with E-state index < -0.39 is 0 Å². The summed E-state index contributed by atoms with van der Waals surface area (Å²) < 4.78 is 0. The maximum Gasteiger partial charge on any atom is 0.166 e. The number of carbonyl (C=O) groups is 1. The fourth-order valence-corrected chi connectivity index (χ4v) is 0.884. The molecule has 2 N–H and O–H groups in total. The molecule has 0 unspecified atom stereocenters. The largest absolute Gasteiger partial charge is 0.384 e. The Morgan fingerprint density at radius 3 is 2.58 bits per heavy atom. The van der Waals surface area contributed by atoms with Crippen molar-refractivity contribution in [1.82, 2.24) is 4.98 Å². The van der Waals surface area contributed by atoms with E-state index in [9.17, 15) is 4.79 Å². The van der Waals surface area contributed by atoms with Crippen LogP contribution in [0, 0.1) is 5.92 Å². The smallest absolute Gasteiger partial charge is 0.166 e. The number of rotatable bonds is 2. The van der Waals surface area contributed by atoms with Crippen molar-refractivity contribution < 1.29 is 4.79 Å². The predicted molar refractivity (Wildman–Crippen MR) is 47.8 cm³/mol. The highest BCUT2D eigenvalue weighted by molar-refractivity contribution is 5.97. The van der Waals surface area contributed by atoms with Crippen molar-refractivity contribution in [2.24, 2.45) is 5.92 Å². The summed E-state index contributed by atoms with van der Waals surface area (Å²) in [6.45, 7) is 3.72. The molecule has 0 aliphatic rings. The molecule has 64 valence electrons. The minimum absolute atomic E-state index is 0.00965. The number of anilines is 1. The van der Waals surface area contributed by atoms with E-state index in [1.807, 2.05) is 13.8 Å². The van der Waals surface area contributed by atoms with Gasteiger partial charge in [0.25, 0.3) is 0 Å². The van der Waals surface area contributed by atoms with Gasteiger partial charge in [-0.15, -0.1) is 0 Å². The third-order valence-corrected chi connectivity index (χ3v) is 1.60. The quantitative estimate of drug-likeness (QED) is 0.674. The topological polar surface area (TPSA) is 56.0 Å². The monoisotopic (exact) mass is 164 g/mol. The number of hydrogen-bond acceptors (Lipinski definition) is 3. The van der Waals surface area contributed by atoms with Crippen molar-refractivity contribution in [2.75, 3.05) is 5.73 Å². The van der Waals surface area contributed by atoms with E-state index >= 15 is 0 Å². The lowest BCUT2D eigenvalue weighted by molar-refractivity contribution is 0.0939. The Morgan fingerprint density at radius 2 is 2.17 bits per heavy atom. The molecular formula is C9H12N2O. The van der Waals surface area contributed by atoms with Crippen molar-refractivity contribution in [3.63, 3.8) is 0 Å². The summed E-state index contributed by atoms with van der Waals surface area (Å²) in [6.07, 6.45) is 1.51. The molecule has 1 rings (SSSR count). The van der Waals surface area contributed by atoms with Crippen LogP contribution in [0.25, 0.3) is 0 Å². The van der Waals surface area contributed by atoms with Gasteiger partial charge in [0, 0.05) is 17.7 Å². The first kappa shape index (κ1) is 8.71. The number of Topliss-reactive ketones (excluding diaryl/α,β-unsaturated/α-hetero) is 1. The first-order valence-electron chi connectivity index (χ1n) is 3.87. The van der Waals surface area contributed by atoms with Crippen LogP contribution in [0.15, 0.2) is 18.3 Å². The maximum atomic E-state index is 11.4. The minimum atomic E-state index is 0.00965. The highest BCUT2D eigenvalue weighted by atomic mass is 16.1. The number of pyridine rings is 1. The second kappa shape index (κ2) is 3.34. The van der Waals surface area contributed by atoms with E-state index in [0.29, 0.717) is 11.4 Å². The van der Waals surface area contributed by atoms with Crippen molar-refractivity contribution in [1.29, 1.82) is 0 Å². The number of ketones is 1. The van der Waals surface area contributed by atoms with Gasteiger partial charge >= 0.3 is 0 Å². The van der Waals surface area contributed by atoms with E-state index in [2.05, 4.69) is 4.98 Å². The fraction of sp³-hybridized carbons (Fsp3) is 0.333. The van der Waals surface area contributed by atoms with Crippen LogP contribution in [-0.4, -0.2) is 10.8 Å². The Balaban J connectivity index is 2.90.